The molecule has 4 aliphatic carbocycles. The van der Waals surface area contributed by atoms with E-state index in [-0.39, 0.29) is 31.1 Å². The van der Waals surface area contributed by atoms with Crippen LogP contribution in [0.25, 0.3) is 0 Å². The van der Waals surface area contributed by atoms with Gasteiger partial charge in [-0.2, -0.15) is 22.0 Å². The molecule has 0 aromatic heterocycles. The molecule has 4 aliphatic rings. The number of hydrogen-bond acceptors (Lipinski definition) is 4. The van der Waals surface area contributed by atoms with E-state index in [1.165, 1.54) is 6.92 Å². The predicted molar refractivity (Wildman–Crippen MR) is 158 cm³/mol. The number of halogens is 6. The number of rotatable bonds is 5. The summed E-state index contributed by atoms with van der Waals surface area (Å²) in [5, 5.41) is 14.5. The highest BCUT2D eigenvalue weighted by molar-refractivity contribution is 6.30. The van der Waals surface area contributed by atoms with Crippen LogP contribution in [-0.4, -0.2) is 34.7 Å². The summed E-state index contributed by atoms with van der Waals surface area (Å²) in [6.07, 6.45) is -3.78. The van der Waals surface area contributed by atoms with Crippen LogP contribution < -0.4 is 5.32 Å². The van der Waals surface area contributed by atoms with Gasteiger partial charge in [-0.3, -0.25) is 10.1 Å². The lowest BCUT2D eigenvalue weighted by atomic mass is 9.50. The topological polar surface area (TPSA) is 75.6 Å². The molecule has 2 N–H and O–H groups in total. The van der Waals surface area contributed by atoms with E-state index in [0.29, 0.717) is 47.5 Å². The van der Waals surface area contributed by atoms with Crippen molar-refractivity contribution in [1.29, 1.82) is 0 Å². The van der Waals surface area contributed by atoms with E-state index < -0.39 is 47.5 Å². The SMILES string of the molecule is C[C@]12C[C@H](c3ccc(COC(=O)Nc4ccc(Cl)cc4)cc3)C3=C4CCC(=O)C=C4CCC3C1CC[C@@]2(O)C(F)(F)C(F)(F)F. The highest BCUT2D eigenvalue weighted by Gasteiger charge is 2.79. The first-order chi connectivity index (χ1) is 21.1. The second kappa shape index (κ2) is 11.2. The number of ketones is 1. The maximum atomic E-state index is 15.2. The molecular formula is C34H33ClF5NO4. The first kappa shape index (κ1) is 31.7. The van der Waals surface area contributed by atoms with Gasteiger partial charge in [0.2, 0.25) is 0 Å². The quantitative estimate of drug-likeness (QED) is 0.317. The molecule has 0 saturated heterocycles. The fourth-order valence-electron chi connectivity index (χ4n) is 8.40. The second-order valence-electron chi connectivity index (χ2n) is 12.9. The molecule has 2 aromatic rings. The van der Waals surface area contributed by atoms with E-state index in [9.17, 15) is 27.9 Å². The Balaban J connectivity index is 1.31. The standard InChI is InChI=1S/C34H33ClF5NO4/c1-31-17-27(20-4-2-19(3-5-20)18-45-30(43)41-23-9-7-22(35)8-10-23)29-25-13-11-24(42)16-21(25)6-12-26(29)28(31)14-15-32(31,44)33(36,37)34(38,39)40/h2-5,7-10,16,26-28,44H,6,11-15,17-18H2,1H3,(H,41,43)/t26?,27-,28?,31+,32+/m1/s1. The summed E-state index contributed by atoms with van der Waals surface area (Å²) in [5.41, 5.74) is -0.222. The van der Waals surface area contributed by atoms with Crippen LogP contribution in [0, 0.1) is 17.3 Å². The number of nitrogens with one attached hydrogen (secondary N) is 1. The van der Waals surface area contributed by atoms with Crippen LogP contribution in [0.15, 0.2) is 71.3 Å². The van der Waals surface area contributed by atoms with Gasteiger partial charge in [-0.15, -0.1) is 0 Å². The van der Waals surface area contributed by atoms with E-state index in [2.05, 4.69) is 5.32 Å². The Labute approximate surface area is 262 Å². The molecule has 6 rings (SSSR count). The summed E-state index contributed by atoms with van der Waals surface area (Å²) >= 11 is 5.87. The molecule has 1 amide bonds. The Kier molecular flexibility index (Phi) is 7.92. The Morgan fingerprint density at radius 1 is 1.02 bits per heavy atom. The average molecular weight is 650 g/mol. The molecule has 2 unspecified atom stereocenters. The van der Waals surface area contributed by atoms with E-state index in [4.69, 9.17) is 16.3 Å². The van der Waals surface area contributed by atoms with E-state index in [1.54, 1.807) is 54.6 Å². The van der Waals surface area contributed by atoms with Gasteiger partial charge in [0.15, 0.2) is 5.78 Å². The summed E-state index contributed by atoms with van der Waals surface area (Å²) in [7, 11) is 0. The molecular weight excluding hydrogens is 617 g/mol. The highest BCUT2D eigenvalue weighted by Crippen LogP contribution is 2.70. The van der Waals surface area contributed by atoms with E-state index in [0.717, 1.165) is 16.7 Å². The van der Waals surface area contributed by atoms with Crippen LogP contribution >= 0.6 is 11.6 Å². The molecule has 45 heavy (non-hydrogen) atoms. The van der Waals surface area contributed by atoms with E-state index >= 15 is 8.78 Å². The molecule has 0 radical (unpaired) electrons. The van der Waals surface area contributed by atoms with Gasteiger partial charge in [0.25, 0.3) is 0 Å². The van der Waals surface area contributed by atoms with Gasteiger partial charge in [0, 0.05) is 28.5 Å². The largest absolute Gasteiger partial charge is 0.456 e. The molecule has 2 fully saturated rings. The van der Waals surface area contributed by atoms with Crippen LogP contribution in [0.4, 0.5) is 32.4 Å². The minimum atomic E-state index is -5.90. The van der Waals surface area contributed by atoms with Crippen LogP contribution in [0.1, 0.15) is 68.9 Å². The third kappa shape index (κ3) is 5.27. The van der Waals surface area contributed by atoms with Crippen molar-refractivity contribution >= 4 is 29.2 Å². The molecule has 5 atom stereocenters. The second-order valence-corrected chi connectivity index (χ2v) is 13.4. The summed E-state index contributed by atoms with van der Waals surface area (Å²) < 4.78 is 77.0. The van der Waals surface area contributed by atoms with Crippen molar-refractivity contribution < 1.29 is 41.4 Å². The zero-order chi connectivity index (χ0) is 32.4. The number of hydrogen-bond donors (Lipinski definition) is 2. The van der Waals surface area contributed by atoms with Gasteiger partial charge >= 0.3 is 18.2 Å². The molecule has 0 spiro atoms. The number of carbonyl (C=O) groups excluding carboxylic acids is 2. The lowest BCUT2D eigenvalue weighted by Gasteiger charge is -2.56. The van der Waals surface area contributed by atoms with Gasteiger partial charge in [-0.05, 0) is 103 Å². The number of carbonyl (C=O) groups is 2. The minimum Gasteiger partial charge on any atom is -0.444 e. The number of alkyl halides is 5. The Morgan fingerprint density at radius 3 is 2.38 bits per heavy atom. The van der Waals surface area contributed by atoms with Crippen molar-refractivity contribution in [2.75, 3.05) is 5.32 Å². The summed E-state index contributed by atoms with van der Waals surface area (Å²) in [4.78, 5) is 24.5. The number of benzene rings is 2. The van der Waals surface area contributed by atoms with Gasteiger partial charge in [0.1, 0.15) is 12.2 Å². The maximum absolute atomic E-state index is 15.2. The molecule has 240 valence electrons. The highest BCUT2D eigenvalue weighted by atomic mass is 35.5. The van der Waals surface area contributed by atoms with Crippen molar-refractivity contribution in [2.24, 2.45) is 17.3 Å². The normalized spacial score (nSPS) is 29.8. The van der Waals surface area contributed by atoms with Crippen LogP contribution in [0.3, 0.4) is 0 Å². The van der Waals surface area contributed by atoms with Gasteiger partial charge < -0.3 is 9.84 Å². The average Bonchev–Trinajstić information content (AvgIpc) is 3.27. The summed E-state index contributed by atoms with van der Waals surface area (Å²) in [6.45, 7) is 1.34. The minimum absolute atomic E-state index is 0.0227. The molecule has 11 heteroatoms. The first-order valence-corrected chi connectivity index (χ1v) is 15.4. The van der Waals surface area contributed by atoms with Crippen LogP contribution in [0.5, 0.6) is 0 Å². The van der Waals surface area contributed by atoms with Crippen molar-refractivity contribution in [3.05, 3.63) is 87.5 Å². The van der Waals surface area contributed by atoms with Crippen molar-refractivity contribution in [2.45, 2.75) is 82.1 Å². The predicted octanol–water partition coefficient (Wildman–Crippen LogP) is 8.92. The zero-order valence-corrected chi connectivity index (χ0v) is 25.3. The molecule has 0 heterocycles. The third-order valence-electron chi connectivity index (χ3n) is 10.6. The lowest BCUT2D eigenvalue weighted by molar-refractivity contribution is -0.362. The van der Waals surface area contributed by atoms with Crippen molar-refractivity contribution in [3.8, 4) is 0 Å². The molecule has 5 nitrogen and oxygen atoms in total. The maximum Gasteiger partial charge on any atom is 0.456 e. The fraction of sp³-hybridized carbons (Fsp3) is 0.471. The summed E-state index contributed by atoms with van der Waals surface area (Å²) in [5.74, 6) is -6.68. The monoisotopic (exact) mass is 649 g/mol. The Hall–Kier alpha value is -3.24. The molecule has 0 bridgehead atoms. The summed E-state index contributed by atoms with van der Waals surface area (Å²) in [6, 6.07) is 13.5. The van der Waals surface area contributed by atoms with Crippen molar-refractivity contribution in [3.63, 3.8) is 0 Å². The lowest BCUT2D eigenvalue weighted by Crippen LogP contribution is -2.65. The third-order valence-corrected chi connectivity index (χ3v) is 10.9. The number of amides is 1. The van der Waals surface area contributed by atoms with Crippen molar-refractivity contribution in [1.82, 2.24) is 0 Å². The van der Waals surface area contributed by atoms with Crippen LogP contribution in [0.2, 0.25) is 5.02 Å². The molecule has 2 saturated carbocycles. The van der Waals surface area contributed by atoms with Gasteiger partial charge in [-0.1, -0.05) is 48.4 Å². The fourth-order valence-corrected chi connectivity index (χ4v) is 8.52. The molecule has 0 aliphatic heterocycles. The van der Waals surface area contributed by atoms with Gasteiger partial charge in [-0.25, -0.2) is 4.79 Å². The smallest absolute Gasteiger partial charge is 0.444 e. The number of anilines is 1. The first-order valence-electron chi connectivity index (χ1n) is 15.1. The Morgan fingerprint density at radius 2 is 1.71 bits per heavy atom. The Bertz CT molecular complexity index is 1570. The van der Waals surface area contributed by atoms with Gasteiger partial charge in [0.05, 0.1) is 0 Å². The number of aliphatic hydroxyl groups is 1. The zero-order valence-electron chi connectivity index (χ0n) is 24.5. The van der Waals surface area contributed by atoms with Crippen LogP contribution in [-0.2, 0) is 16.1 Å². The van der Waals surface area contributed by atoms with E-state index in [1.807, 2.05) is 0 Å². The number of fused-ring (bicyclic) bond motifs is 4. The number of ether oxygens (including phenoxy) is 1. The number of allylic oxidation sites excluding steroid dienone is 4. The molecule has 2 aromatic carbocycles.